The molecule has 0 unspecified atom stereocenters. The van der Waals surface area contributed by atoms with Crippen LogP contribution < -0.4 is 46.7 Å². The number of amides is 10. The molecule has 3 heterocycles. The highest BCUT2D eigenvalue weighted by Gasteiger charge is 2.51. The molecule has 10 atom stereocenters. The summed E-state index contributed by atoms with van der Waals surface area (Å²) in [6, 6.07) is 3.29. The fourth-order valence-electron chi connectivity index (χ4n) is 10.8. The van der Waals surface area contributed by atoms with Gasteiger partial charge in [0.2, 0.25) is 23.6 Å². The number of hydrogen-bond donors (Lipinski definition) is 8. The standard InChI is InChI=1S/C63H89N9O17/c1-35(2)55(68-51(73)22-15-14-16-28-72-52(74)25-26-53(72)75)57(78)67-44(20-18-27-65-60(64)81)56(77)66-43-24-23-42(32-47(43)86-12)58(79)70(9)40(7)59(80)89-50-33-54(76)71(10)45-30-41(31-46(85-11)38(45)5)29-36(3)19-17-21-49(87-13)63(84)34-48(88-61(82)69-63)37(4)39(6)62(50,8)83/h17,19,21,23-26,30-32,35,37,39-40,44,48-50,55,83-84H,14-16,18,20,22,27-29,33-34H2,1-13H3,(H,66,77)(H,67,78)(H,68,73)(H,69,82)(H3,64,65,81)/b21-17+,36-19+/t37-,39-,40-,44-,48-,49+,50-,55-,62+,63-/m0/s1. The monoisotopic (exact) mass is 1240 g/mol. The molecule has 3 aliphatic heterocycles. The maximum atomic E-state index is 14.6. The van der Waals surface area contributed by atoms with Gasteiger partial charge in [0.1, 0.15) is 53.5 Å². The van der Waals surface area contributed by atoms with Crippen LogP contribution in [0.4, 0.5) is 21.0 Å². The van der Waals surface area contributed by atoms with Crippen molar-refractivity contribution in [3.63, 3.8) is 0 Å². The van der Waals surface area contributed by atoms with Gasteiger partial charge >= 0.3 is 18.1 Å². The quantitative estimate of drug-likeness (QED) is 0.0439. The number of esters is 1. The zero-order valence-corrected chi connectivity index (χ0v) is 53.2. The van der Waals surface area contributed by atoms with Crippen molar-refractivity contribution >= 4 is 70.8 Å². The first kappa shape index (κ1) is 71.4. The van der Waals surface area contributed by atoms with Crippen LogP contribution in [0.25, 0.3) is 0 Å². The van der Waals surface area contributed by atoms with E-state index in [1.807, 2.05) is 25.1 Å². The Balaban J connectivity index is 1.36. The van der Waals surface area contributed by atoms with E-state index in [0.29, 0.717) is 42.7 Å². The van der Waals surface area contributed by atoms with E-state index >= 15 is 0 Å². The molecular weight excluding hydrogens is 1150 g/mol. The summed E-state index contributed by atoms with van der Waals surface area (Å²) in [6.45, 7) is 13.5. The van der Waals surface area contributed by atoms with Crippen molar-refractivity contribution < 1.29 is 81.8 Å². The van der Waals surface area contributed by atoms with E-state index in [9.17, 15) is 58.2 Å². The number of imide groups is 1. The van der Waals surface area contributed by atoms with Crippen molar-refractivity contribution in [2.45, 2.75) is 161 Å². The lowest BCUT2D eigenvalue weighted by atomic mass is 9.73. The normalized spacial score (nSPS) is 24.2. The second-order valence-electron chi connectivity index (χ2n) is 23.6. The third-order valence-electron chi connectivity index (χ3n) is 16.9. The number of primary amides is 1. The predicted molar refractivity (Wildman–Crippen MR) is 328 cm³/mol. The lowest BCUT2D eigenvalue weighted by Gasteiger charge is -2.46. The lowest BCUT2D eigenvalue weighted by molar-refractivity contribution is -0.185. The number of nitrogens with one attached hydrogen (secondary N) is 5. The van der Waals surface area contributed by atoms with Gasteiger partial charge in [-0.15, -0.1) is 0 Å². The van der Waals surface area contributed by atoms with Gasteiger partial charge in [-0.3, -0.25) is 43.8 Å². The average Bonchev–Trinajstić information content (AvgIpc) is 1.45. The minimum absolute atomic E-state index is 0.00236. The highest BCUT2D eigenvalue weighted by Crippen LogP contribution is 2.39. The maximum absolute atomic E-state index is 14.6. The molecule has 3 aliphatic rings. The number of fused-ring (bicyclic) bond motifs is 4. The maximum Gasteiger partial charge on any atom is 0.409 e. The molecule has 0 spiro atoms. The number of methoxy groups -OCH3 is 3. The molecule has 2 aromatic carbocycles. The largest absolute Gasteiger partial charge is 0.496 e. The van der Waals surface area contributed by atoms with Crippen molar-refractivity contribution in [3.05, 3.63) is 83.0 Å². The molecule has 4 bridgehead atoms. The van der Waals surface area contributed by atoms with Crippen molar-refractivity contribution in [2.24, 2.45) is 23.5 Å². The van der Waals surface area contributed by atoms with Crippen LogP contribution in [0, 0.1) is 24.7 Å². The predicted octanol–water partition coefficient (Wildman–Crippen LogP) is 4.22. The molecule has 2 aromatic rings. The van der Waals surface area contributed by atoms with Crippen LogP contribution in [0.15, 0.2) is 66.3 Å². The minimum atomic E-state index is -2.06. The Labute approximate surface area is 519 Å². The first-order valence-corrected chi connectivity index (χ1v) is 29.7. The number of benzene rings is 2. The summed E-state index contributed by atoms with van der Waals surface area (Å²) in [5.74, 6) is -6.49. The number of likely N-dealkylation sites (N-methyl/N-ethyl adjacent to an activating group) is 1. The molecule has 9 N–H and O–H groups in total. The number of unbranched alkanes of at least 4 members (excludes halogenated alkanes) is 2. The van der Waals surface area contributed by atoms with E-state index in [-0.39, 0.29) is 55.8 Å². The number of allylic oxidation sites excluding steroid dienone is 3. The average molecular weight is 1240 g/mol. The molecular formula is C63H89N9O17. The van der Waals surface area contributed by atoms with E-state index in [2.05, 4.69) is 26.6 Å². The van der Waals surface area contributed by atoms with Crippen LogP contribution in [-0.4, -0.2) is 176 Å². The Morgan fingerprint density at radius 1 is 0.899 bits per heavy atom. The number of anilines is 2. The van der Waals surface area contributed by atoms with E-state index in [1.54, 1.807) is 53.8 Å². The third-order valence-corrected chi connectivity index (χ3v) is 16.9. The summed E-state index contributed by atoms with van der Waals surface area (Å²) in [5.41, 5.74) is 4.09. The first-order chi connectivity index (χ1) is 41.9. The number of rotatable bonds is 23. The topological polar surface area (TPSA) is 353 Å². The number of carbonyl (C=O) groups excluding carboxylic acids is 10. The van der Waals surface area contributed by atoms with Crippen molar-refractivity contribution in [2.75, 3.05) is 58.7 Å². The van der Waals surface area contributed by atoms with E-state index in [1.165, 1.54) is 77.5 Å². The Kier molecular flexibility index (Phi) is 25.4. The van der Waals surface area contributed by atoms with Crippen LogP contribution in [0.1, 0.15) is 121 Å². The molecule has 26 heteroatoms. The van der Waals surface area contributed by atoms with Crippen LogP contribution in [-0.2, 0) is 54.2 Å². The van der Waals surface area contributed by atoms with Gasteiger partial charge in [-0.05, 0) is 113 Å². The molecule has 1 fully saturated rings. The summed E-state index contributed by atoms with van der Waals surface area (Å²) < 4.78 is 28.9. The Morgan fingerprint density at radius 2 is 1.57 bits per heavy atom. The Morgan fingerprint density at radius 3 is 2.20 bits per heavy atom. The summed E-state index contributed by atoms with van der Waals surface area (Å²) in [6.07, 6.45) is 4.24. The molecule has 0 saturated carbocycles. The smallest absolute Gasteiger partial charge is 0.409 e. The lowest BCUT2D eigenvalue weighted by Crippen LogP contribution is -2.64. The van der Waals surface area contributed by atoms with Gasteiger partial charge in [0.15, 0.2) is 5.72 Å². The molecule has 0 radical (unpaired) electrons. The van der Waals surface area contributed by atoms with E-state index in [0.717, 1.165) is 20.9 Å². The zero-order chi connectivity index (χ0) is 66.2. The zero-order valence-electron chi connectivity index (χ0n) is 53.2. The van der Waals surface area contributed by atoms with Crippen LogP contribution >= 0.6 is 0 Å². The van der Waals surface area contributed by atoms with Gasteiger partial charge in [0, 0.05) is 70.4 Å². The van der Waals surface area contributed by atoms with E-state index < -0.39 is 131 Å². The molecule has 5 rings (SSSR count). The number of nitrogens with zero attached hydrogens (tertiary/aromatic N) is 3. The van der Waals surface area contributed by atoms with Crippen molar-refractivity contribution in [3.8, 4) is 11.5 Å². The van der Waals surface area contributed by atoms with Crippen molar-refractivity contribution in [1.82, 2.24) is 31.1 Å². The number of carbonyl (C=O) groups is 10. The van der Waals surface area contributed by atoms with Gasteiger partial charge < -0.3 is 70.7 Å². The molecule has 0 aliphatic carbocycles. The van der Waals surface area contributed by atoms with Gasteiger partial charge in [0.05, 0.1) is 32.0 Å². The summed E-state index contributed by atoms with van der Waals surface area (Å²) in [7, 11) is 7.09. The molecule has 10 amide bonds. The minimum Gasteiger partial charge on any atom is -0.496 e. The van der Waals surface area contributed by atoms with Crippen LogP contribution in [0.5, 0.6) is 11.5 Å². The van der Waals surface area contributed by atoms with Gasteiger partial charge in [0.25, 0.3) is 17.7 Å². The molecule has 1 saturated heterocycles. The van der Waals surface area contributed by atoms with Gasteiger partial charge in [-0.1, -0.05) is 57.9 Å². The fourth-order valence-corrected chi connectivity index (χ4v) is 10.8. The molecule has 89 heavy (non-hydrogen) atoms. The first-order valence-electron chi connectivity index (χ1n) is 29.7. The summed E-state index contributed by atoms with van der Waals surface area (Å²) in [4.78, 5) is 136. The SMILES string of the molecule is COc1cc(C(=O)N(C)[C@@H](C)C(=O)O[C@H]2CC(=O)N(C)c3cc(cc(OC)c3C)C/C(C)=C/C=C/[C@@H](OC)[C@@]3(O)C[C@H](OC(=O)N3)[C@@H](C)[C@H](C)[C@@]2(C)O)ccc1NC(=O)[C@H](CCCNC(N)=O)NC(=O)[C@@H](NC(=O)CCCCCN1C(=O)C=CC1=O)C(C)C. The number of ether oxygens (including phenoxy) is 5. The number of alkyl carbamates (subject to hydrolysis) is 1. The highest BCUT2D eigenvalue weighted by molar-refractivity contribution is 6.13. The van der Waals surface area contributed by atoms with Crippen LogP contribution in [0.3, 0.4) is 0 Å². The fraction of sp³-hybridized carbons (Fsp3) is 0.556. The second kappa shape index (κ2) is 31.7. The highest BCUT2D eigenvalue weighted by atomic mass is 16.6. The number of nitrogens with two attached hydrogens (primary N) is 1. The van der Waals surface area contributed by atoms with Gasteiger partial charge in [-0.25, -0.2) is 14.4 Å². The summed E-state index contributed by atoms with van der Waals surface area (Å²) >= 11 is 0. The molecule has 488 valence electrons. The van der Waals surface area contributed by atoms with Crippen LogP contribution in [0.2, 0.25) is 0 Å². The number of hydrogen-bond acceptors (Lipinski definition) is 17. The third kappa shape index (κ3) is 18.6. The molecule has 0 aromatic heterocycles. The molecule has 26 nitrogen and oxygen atoms in total. The summed E-state index contributed by atoms with van der Waals surface area (Å²) in [5, 5.41) is 37.8. The van der Waals surface area contributed by atoms with Gasteiger partial charge in [-0.2, -0.15) is 0 Å². The van der Waals surface area contributed by atoms with Crippen molar-refractivity contribution in [1.29, 1.82) is 0 Å². The Bertz CT molecular complexity index is 3030. The number of aliphatic hydroxyl groups is 2. The number of urea groups is 1. The second-order valence-corrected chi connectivity index (χ2v) is 23.6. The van der Waals surface area contributed by atoms with E-state index in [4.69, 9.17) is 29.4 Å². The Hall–Kier alpha value is -8.36.